The Hall–Kier alpha value is -3.28. The predicted octanol–water partition coefficient (Wildman–Crippen LogP) is -14.8. The van der Waals surface area contributed by atoms with Gasteiger partial charge in [0.1, 0.15) is 134 Å². The molecule has 0 aromatic carbocycles. The molecule has 5 fully saturated rings. The maximum Gasteiger partial charge on any atom is 0.364 e. The highest BCUT2D eigenvalue weighted by Gasteiger charge is 2.61. The number of aliphatic hydroxyl groups excluding tert-OH is 19. The maximum atomic E-state index is 13.0. The third-order valence-corrected chi connectivity index (χ3v) is 14.3. The summed E-state index contributed by atoms with van der Waals surface area (Å²) in [5, 5.41) is 222. The minimum Gasteiger partial charge on any atom is -0.477 e. The van der Waals surface area contributed by atoms with E-state index < -0.39 is 260 Å². The van der Waals surface area contributed by atoms with Crippen molar-refractivity contribution in [3.05, 3.63) is 0 Å². The molecule has 0 aromatic rings. The van der Waals surface area contributed by atoms with E-state index in [0.29, 0.717) is 0 Å². The zero-order chi connectivity index (χ0) is 61.4. The van der Waals surface area contributed by atoms with Crippen LogP contribution in [0.1, 0.15) is 27.2 Å². The lowest BCUT2D eigenvalue weighted by atomic mass is 9.88. The topological polar surface area (TPSA) is 601 Å². The summed E-state index contributed by atoms with van der Waals surface area (Å²) in [7, 11) is 0. The van der Waals surface area contributed by atoms with Gasteiger partial charge < -0.3 is 165 Å². The van der Waals surface area contributed by atoms with Gasteiger partial charge in [0.15, 0.2) is 25.2 Å². The summed E-state index contributed by atoms with van der Waals surface area (Å²) in [5.74, 6) is -7.89. The molecule has 3 amide bonds. The quantitative estimate of drug-likeness (QED) is 0.0382. The summed E-state index contributed by atoms with van der Waals surface area (Å²) in [6.07, 6.45) is -56.4. The van der Waals surface area contributed by atoms with Crippen LogP contribution in [0, 0.1) is 0 Å². The van der Waals surface area contributed by atoms with Crippen molar-refractivity contribution in [3.8, 4) is 0 Å². The Kier molecular flexibility index (Phi) is 25.7. The first kappa shape index (κ1) is 69.5. The summed E-state index contributed by atoms with van der Waals surface area (Å²) >= 11 is 0. The van der Waals surface area contributed by atoms with Crippen molar-refractivity contribution in [2.75, 3.05) is 46.2 Å². The van der Waals surface area contributed by atoms with Gasteiger partial charge >= 0.3 is 5.97 Å². The molecule has 5 rings (SSSR count). The minimum absolute atomic E-state index is 0.769. The van der Waals surface area contributed by atoms with Crippen LogP contribution in [-0.2, 0) is 66.5 Å². The zero-order valence-electron chi connectivity index (χ0n) is 44.1. The first-order valence-electron chi connectivity index (χ1n) is 25.7. The fourth-order valence-electron chi connectivity index (χ4n) is 10.0. The zero-order valence-corrected chi connectivity index (χ0v) is 44.1. The van der Waals surface area contributed by atoms with Gasteiger partial charge in [0.05, 0.1) is 64.4 Å². The lowest BCUT2D eigenvalue weighted by Crippen LogP contribution is -2.71. The molecule has 0 unspecified atom stereocenters. The van der Waals surface area contributed by atoms with Gasteiger partial charge in [-0.1, -0.05) is 0 Å². The van der Waals surface area contributed by atoms with Gasteiger partial charge in [-0.15, -0.1) is 0 Å². The average Bonchev–Trinajstić information content (AvgIpc) is 2.66. The number of nitrogens with one attached hydrogen (secondary N) is 3. The van der Waals surface area contributed by atoms with Gasteiger partial charge in [0, 0.05) is 27.2 Å². The van der Waals surface area contributed by atoms with E-state index >= 15 is 0 Å². The van der Waals surface area contributed by atoms with Crippen LogP contribution in [0.4, 0.5) is 0 Å². The van der Waals surface area contributed by atoms with Gasteiger partial charge in [-0.3, -0.25) is 14.4 Å². The second kappa shape index (κ2) is 30.4. The molecule has 0 saturated carbocycles. The van der Waals surface area contributed by atoms with Gasteiger partial charge in [-0.2, -0.15) is 0 Å². The highest BCUT2D eigenvalue weighted by Crippen LogP contribution is 2.40. The molecule has 0 spiro atoms. The summed E-state index contributed by atoms with van der Waals surface area (Å²) in [4.78, 5) is 49.6. The van der Waals surface area contributed by atoms with Gasteiger partial charge in [0.2, 0.25) is 17.7 Å². The number of carbonyl (C=O) groups is 4. The summed E-state index contributed by atoms with van der Waals surface area (Å²) in [6.45, 7) is -4.81. The summed E-state index contributed by atoms with van der Waals surface area (Å²) in [5.41, 5.74) is 0. The highest BCUT2D eigenvalue weighted by atomic mass is 16.8. The fraction of sp³-hybridized carbons (Fsp3) is 0.911. The van der Waals surface area contributed by atoms with Crippen molar-refractivity contribution in [1.82, 2.24) is 16.0 Å². The fourth-order valence-corrected chi connectivity index (χ4v) is 10.0. The third-order valence-electron chi connectivity index (χ3n) is 14.3. The first-order chi connectivity index (χ1) is 38.6. The monoisotopic (exact) mass is 1200 g/mol. The molecule has 0 bridgehead atoms. The number of rotatable bonds is 26. The van der Waals surface area contributed by atoms with Crippen LogP contribution in [0.25, 0.3) is 0 Å². The standard InChI is InChI=1S/C45H77N3O34/c1-12(56)46-15(5-49)25(62)34(18(61)7-51)77-41-32(69)37(28(65)20(9-53)73-41)79-43-39(31(68)27(64)19(8-52)75-43)80-40-24(48-14(3)58)30(67)35(22(11-55)76-40)78-42-33(70)38(29(66)21(10-54)74-42)82-45(44(71)72)4-16(59)23(47-13(2)57)36(81-45)26(63)17(60)6-50/h15-43,49-55,59-70H,4-11H2,1-3H3,(H,46,56)(H,47,57)(H,48,58)(H,71,72)/t15-,16-,17+,18+,19+,20+,21+,22+,23+,24+,25+,26+,27+,28+,29-,30+,31-,32-,33+,34+,35+,36+,37-,38-,39-,40-,41-,42-,43+,45-/m0/s1. The van der Waals surface area contributed by atoms with Crippen LogP contribution in [0.2, 0.25) is 0 Å². The molecule has 0 aliphatic carbocycles. The largest absolute Gasteiger partial charge is 0.477 e. The van der Waals surface area contributed by atoms with E-state index in [1.54, 1.807) is 0 Å². The van der Waals surface area contributed by atoms with E-state index in [1.165, 1.54) is 0 Å². The van der Waals surface area contributed by atoms with Crippen molar-refractivity contribution in [2.45, 2.75) is 211 Å². The molecule has 476 valence electrons. The number of ether oxygens (including phenoxy) is 10. The second-order valence-corrected chi connectivity index (χ2v) is 20.2. The van der Waals surface area contributed by atoms with E-state index in [2.05, 4.69) is 16.0 Å². The van der Waals surface area contributed by atoms with Crippen molar-refractivity contribution < 1.29 is 169 Å². The molecule has 0 aromatic heterocycles. The smallest absolute Gasteiger partial charge is 0.364 e. The summed E-state index contributed by atoms with van der Waals surface area (Å²) in [6, 6.07) is -5.21. The van der Waals surface area contributed by atoms with Crippen LogP contribution in [-0.4, -0.2) is 355 Å². The minimum atomic E-state index is -3.22. The SMILES string of the molecule is CC(=O)N[C@H]1[C@H](O[C@@H]2[C@@H](O[C@@H]3[C@H](O)[C@H](O[C@@H]([C@H](O)[C@H](CO)NC(C)=O)[C@H](O)CO)O[C@H](CO)[C@H]3O)O[C@H](CO)[C@@H](O)[C@@H]2O)O[C@H](CO)[C@@H](O[C@@H]2O[C@H](CO)[C@H](O)[C@H](O[C@]3(C(=O)O)C[C@H](O)[C@@H](NC(C)=O)[C@H]([C@H](O)[C@H](O)CO)O3)[C@H]2O)[C@@H]1O. The van der Waals surface area contributed by atoms with Crippen LogP contribution in [0.5, 0.6) is 0 Å². The maximum absolute atomic E-state index is 13.0. The van der Waals surface area contributed by atoms with Crippen molar-refractivity contribution >= 4 is 23.7 Å². The Morgan fingerprint density at radius 3 is 1.54 bits per heavy atom. The van der Waals surface area contributed by atoms with Gasteiger partial charge in [-0.25, -0.2) is 4.79 Å². The molecule has 5 saturated heterocycles. The van der Waals surface area contributed by atoms with Crippen molar-refractivity contribution in [2.24, 2.45) is 0 Å². The molecule has 37 heteroatoms. The number of aliphatic hydroxyl groups is 19. The van der Waals surface area contributed by atoms with Crippen LogP contribution >= 0.6 is 0 Å². The van der Waals surface area contributed by atoms with E-state index in [-0.39, 0.29) is 0 Å². The first-order valence-corrected chi connectivity index (χ1v) is 25.7. The molecule has 82 heavy (non-hydrogen) atoms. The molecular formula is C45H77N3O34. The Morgan fingerprint density at radius 2 is 1.01 bits per heavy atom. The Morgan fingerprint density at radius 1 is 0.524 bits per heavy atom. The molecular weight excluding hydrogens is 1130 g/mol. The Labute approximate surface area is 464 Å². The lowest BCUT2D eigenvalue weighted by molar-refractivity contribution is -0.396. The molecule has 37 nitrogen and oxygen atoms in total. The molecule has 23 N–H and O–H groups in total. The van der Waals surface area contributed by atoms with Crippen LogP contribution < -0.4 is 16.0 Å². The van der Waals surface area contributed by atoms with E-state index in [4.69, 9.17) is 47.4 Å². The van der Waals surface area contributed by atoms with E-state index in [9.17, 15) is 121 Å². The number of hydrogen-bond acceptors (Lipinski definition) is 33. The molecule has 5 aliphatic heterocycles. The predicted molar refractivity (Wildman–Crippen MR) is 253 cm³/mol. The van der Waals surface area contributed by atoms with Crippen LogP contribution in [0.3, 0.4) is 0 Å². The number of hydrogen-bond donors (Lipinski definition) is 23. The second-order valence-electron chi connectivity index (χ2n) is 20.2. The number of carboxylic acids is 1. The number of amides is 3. The Balaban J connectivity index is 1.44. The molecule has 0 radical (unpaired) electrons. The van der Waals surface area contributed by atoms with E-state index in [0.717, 1.165) is 20.8 Å². The molecule has 30 atom stereocenters. The average molecular weight is 1200 g/mol. The number of carbonyl (C=O) groups excluding carboxylic acids is 3. The molecule has 5 heterocycles. The van der Waals surface area contributed by atoms with Crippen molar-refractivity contribution in [1.29, 1.82) is 0 Å². The summed E-state index contributed by atoms with van der Waals surface area (Å²) < 4.78 is 57.4. The van der Waals surface area contributed by atoms with E-state index in [1.807, 2.05) is 0 Å². The molecule has 5 aliphatic rings. The Bertz CT molecular complexity index is 2040. The van der Waals surface area contributed by atoms with Gasteiger partial charge in [-0.05, 0) is 0 Å². The normalized spacial score (nSPS) is 42.2. The third kappa shape index (κ3) is 15.6. The van der Waals surface area contributed by atoms with Gasteiger partial charge in [0.25, 0.3) is 5.79 Å². The lowest BCUT2D eigenvalue weighted by Gasteiger charge is -2.51. The van der Waals surface area contributed by atoms with Crippen LogP contribution in [0.15, 0.2) is 0 Å². The number of carboxylic acid groups (broad SMARTS) is 1. The number of aliphatic carboxylic acids is 1. The highest BCUT2D eigenvalue weighted by molar-refractivity contribution is 5.77. The van der Waals surface area contributed by atoms with Crippen molar-refractivity contribution in [3.63, 3.8) is 0 Å².